The fraction of sp³-hybridized carbons (Fsp3) is 0.200. The van der Waals surface area contributed by atoms with Gasteiger partial charge in [-0.1, -0.05) is 24.3 Å². The van der Waals surface area contributed by atoms with Crippen molar-refractivity contribution in [3.63, 3.8) is 0 Å². The zero-order chi connectivity index (χ0) is 23.4. The number of nitrogens with one attached hydrogen (secondary N) is 2. The average Bonchev–Trinajstić information content (AvgIpc) is 3.16. The molecule has 8 nitrogen and oxygen atoms in total. The summed E-state index contributed by atoms with van der Waals surface area (Å²) in [6.45, 7) is 0.177. The van der Waals surface area contributed by atoms with Crippen LogP contribution in [0, 0.1) is 5.41 Å². The van der Waals surface area contributed by atoms with Gasteiger partial charge in [0.2, 0.25) is 5.91 Å². The molecule has 0 aliphatic heterocycles. The van der Waals surface area contributed by atoms with Crippen LogP contribution in [0.4, 0.5) is 11.4 Å². The summed E-state index contributed by atoms with van der Waals surface area (Å²) in [6.07, 6.45) is 5.00. The van der Waals surface area contributed by atoms with Crippen molar-refractivity contribution < 1.29 is 4.79 Å². The predicted octanol–water partition coefficient (Wildman–Crippen LogP) is 3.11. The third-order valence-electron chi connectivity index (χ3n) is 5.73. The standard InChI is InChI=1S/C25H27N7O/c1-31(24(33)16-29-19-4-3-13-28-15-19)20-10-11-22-21(14-20)30-23(32(22)2)12-7-17-5-8-18(9-6-17)25(26)27/h3-6,8-11,13-15,29H,7,12,16H2,1-2H3,(H3,26,27). The third-order valence-corrected chi connectivity index (χ3v) is 5.73. The van der Waals surface area contributed by atoms with E-state index >= 15 is 0 Å². The van der Waals surface area contributed by atoms with E-state index in [2.05, 4.69) is 14.9 Å². The van der Waals surface area contributed by atoms with Crippen LogP contribution in [0.25, 0.3) is 11.0 Å². The molecule has 1 amide bonds. The SMILES string of the molecule is CN(C(=O)CNc1cccnc1)c1ccc2c(c1)nc(CCc1ccc(C(=N)N)cc1)n2C. The van der Waals surface area contributed by atoms with E-state index in [1.807, 2.05) is 61.6 Å². The highest BCUT2D eigenvalue weighted by Crippen LogP contribution is 2.23. The molecule has 33 heavy (non-hydrogen) atoms. The molecule has 8 heteroatoms. The minimum absolute atomic E-state index is 0.0524. The summed E-state index contributed by atoms with van der Waals surface area (Å²) in [6, 6.07) is 17.3. The lowest BCUT2D eigenvalue weighted by Crippen LogP contribution is -2.32. The first-order chi connectivity index (χ1) is 15.9. The monoisotopic (exact) mass is 441 g/mol. The van der Waals surface area contributed by atoms with E-state index in [1.165, 1.54) is 5.56 Å². The number of carbonyl (C=O) groups excluding carboxylic acids is 1. The van der Waals surface area contributed by atoms with Crippen LogP contribution in [0.5, 0.6) is 0 Å². The average molecular weight is 442 g/mol. The molecule has 0 unspecified atom stereocenters. The Balaban J connectivity index is 1.44. The topological polar surface area (TPSA) is 113 Å². The van der Waals surface area contributed by atoms with Gasteiger partial charge in [0.15, 0.2) is 0 Å². The van der Waals surface area contributed by atoms with E-state index in [4.69, 9.17) is 16.1 Å². The molecule has 4 aromatic rings. The number of carbonyl (C=O) groups is 1. The van der Waals surface area contributed by atoms with Crippen molar-refractivity contribution >= 4 is 34.2 Å². The van der Waals surface area contributed by atoms with Gasteiger partial charge in [-0.05, 0) is 42.3 Å². The number of aryl methyl sites for hydroxylation is 3. The van der Waals surface area contributed by atoms with Crippen LogP contribution in [0.15, 0.2) is 67.0 Å². The first kappa shape index (κ1) is 22.0. The maximum absolute atomic E-state index is 12.6. The molecular weight excluding hydrogens is 414 g/mol. The number of hydrogen-bond donors (Lipinski definition) is 3. The zero-order valence-electron chi connectivity index (χ0n) is 18.7. The number of fused-ring (bicyclic) bond motifs is 1. The smallest absolute Gasteiger partial charge is 0.246 e. The molecule has 4 rings (SSSR count). The number of pyridine rings is 1. The molecular formula is C25H27N7O. The number of aromatic nitrogens is 3. The zero-order valence-corrected chi connectivity index (χ0v) is 18.7. The summed E-state index contributed by atoms with van der Waals surface area (Å²) in [5, 5.41) is 10.6. The second-order valence-electron chi connectivity index (χ2n) is 7.92. The Labute approximate surface area is 192 Å². The van der Waals surface area contributed by atoms with Gasteiger partial charge in [-0.15, -0.1) is 0 Å². The quantitative estimate of drug-likeness (QED) is 0.287. The van der Waals surface area contributed by atoms with Crippen LogP contribution in [0.2, 0.25) is 0 Å². The van der Waals surface area contributed by atoms with E-state index < -0.39 is 0 Å². The van der Waals surface area contributed by atoms with Gasteiger partial charge in [0.05, 0.1) is 23.3 Å². The lowest BCUT2D eigenvalue weighted by atomic mass is 10.1. The van der Waals surface area contributed by atoms with Crippen LogP contribution < -0.4 is 16.0 Å². The predicted molar refractivity (Wildman–Crippen MR) is 132 cm³/mol. The normalized spacial score (nSPS) is 10.8. The van der Waals surface area contributed by atoms with Crippen LogP contribution in [-0.4, -0.2) is 39.9 Å². The number of rotatable bonds is 8. The Kier molecular flexibility index (Phi) is 6.35. The summed E-state index contributed by atoms with van der Waals surface area (Å²) < 4.78 is 2.09. The van der Waals surface area contributed by atoms with Crippen molar-refractivity contribution in [1.82, 2.24) is 14.5 Å². The van der Waals surface area contributed by atoms with Crippen LogP contribution in [0.1, 0.15) is 17.0 Å². The van der Waals surface area contributed by atoms with Gasteiger partial charge in [0.25, 0.3) is 0 Å². The number of benzene rings is 2. The van der Waals surface area contributed by atoms with E-state index in [1.54, 1.807) is 24.3 Å². The van der Waals surface area contributed by atoms with Crippen molar-refractivity contribution in [2.45, 2.75) is 12.8 Å². The number of likely N-dealkylation sites (N-methyl/N-ethyl adjacent to an activating group) is 1. The summed E-state index contributed by atoms with van der Waals surface area (Å²) in [4.78, 5) is 23.1. The van der Waals surface area contributed by atoms with Gasteiger partial charge >= 0.3 is 0 Å². The molecule has 2 aromatic carbocycles. The Morgan fingerprint density at radius 1 is 1.15 bits per heavy atom. The molecule has 0 atom stereocenters. The fourth-order valence-corrected chi connectivity index (χ4v) is 3.69. The molecule has 0 fully saturated rings. The van der Waals surface area contributed by atoms with Gasteiger partial charge in [0.1, 0.15) is 11.7 Å². The number of nitrogens with two attached hydrogens (primary N) is 1. The summed E-state index contributed by atoms with van der Waals surface area (Å²) in [5.41, 5.74) is 10.9. The number of nitrogen functional groups attached to an aromatic ring is 1. The molecule has 0 saturated heterocycles. The van der Waals surface area contributed by atoms with Crippen molar-refractivity contribution in [1.29, 1.82) is 5.41 Å². The summed E-state index contributed by atoms with van der Waals surface area (Å²) in [5.74, 6) is 0.998. The number of hydrogen-bond acceptors (Lipinski definition) is 5. The Morgan fingerprint density at radius 2 is 1.94 bits per heavy atom. The number of nitrogens with zero attached hydrogens (tertiary/aromatic N) is 4. The second-order valence-corrected chi connectivity index (χ2v) is 7.92. The highest BCUT2D eigenvalue weighted by atomic mass is 16.2. The van der Waals surface area contributed by atoms with Crippen molar-refractivity contribution in [3.05, 3.63) is 83.9 Å². The number of amidine groups is 1. The van der Waals surface area contributed by atoms with E-state index in [-0.39, 0.29) is 18.3 Å². The molecule has 0 spiro atoms. The highest BCUT2D eigenvalue weighted by Gasteiger charge is 2.14. The first-order valence-electron chi connectivity index (χ1n) is 10.7. The molecule has 168 valence electrons. The van der Waals surface area contributed by atoms with Gasteiger partial charge in [-0.25, -0.2) is 4.98 Å². The third kappa shape index (κ3) is 5.01. The number of amides is 1. The lowest BCUT2D eigenvalue weighted by molar-refractivity contribution is -0.116. The lowest BCUT2D eigenvalue weighted by Gasteiger charge is -2.18. The number of imidazole rings is 1. The van der Waals surface area contributed by atoms with Gasteiger partial charge in [-0.3, -0.25) is 15.2 Å². The number of anilines is 2. The minimum atomic E-state index is -0.0524. The van der Waals surface area contributed by atoms with Crippen molar-refractivity contribution in [3.8, 4) is 0 Å². The highest BCUT2D eigenvalue weighted by molar-refractivity contribution is 5.97. The molecule has 0 aliphatic rings. The van der Waals surface area contributed by atoms with Crippen LogP contribution in [0.3, 0.4) is 0 Å². The van der Waals surface area contributed by atoms with Crippen LogP contribution in [-0.2, 0) is 24.7 Å². The summed E-state index contributed by atoms with van der Waals surface area (Å²) >= 11 is 0. The van der Waals surface area contributed by atoms with Gasteiger partial charge in [-0.2, -0.15) is 0 Å². The van der Waals surface area contributed by atoms with Crippen molar-refractivity contribution in [2.75, 3.05) is 23.8 Å². The van der Waals surface area contributed by atoms with Gasteiger partial charge in [0, 0.05) is 44.2 Å². The van der Waals surface area contributed by atoms with E-state index in [0.29, 0.717) is 0 Å². The molecule has 0 saturated carbocycles. The first-order valence-corrected chi connectivity index (χ1v) is 10.7. The fourth-order valence-electron chi connectivity index (χ4n) is 3.69. The molecule has 2 aromatic heterocycles. The van der Waals surface area contributed by atoms with E-state index in [0.717, 1.165) is 46.6 Å². The molecule has 0 radical (unpaired) electrons. The maximum Gasteiger partial charge on any atom is 0.246 e. The van der Waals surface area contributed by atoms with Crippen molar-refractivity contribution in [2.24, 2.45) is 12.8 Å². The Bertz CT molecular complexity index is 1280. The molecule has 4 N–H and O–H groups in total. The Morgan fingerprint density at radius 3 is 2.64 bits per heavy atom. The second kappa shape index (κ2) is 9.52. The molecule has 2 heterocycles. The minimum Gasteiger partial charge on any atom is -0.384 e. The maximum atomic E-state index is 12.6. The van der Waals surface area contributed by atoms with Gasteiger partial charge < -0.3 is 20.5 Å². The largest absolute Gasteiger partial charge is 0.384 e. The summed E-state index contributed by atoms with van der Waals surface area (Å²) in [7, 11) is 3.78. The molecule has 0 bridgehead atoms. The van der Waals surface area contributed by atoms with Crippen LogP contribution >= 0.6 is 0 Å². The molecule has 0 aliphatic carbocycles. The Hall–Kier alpha value is -4.20. The van der Waals surface area contributed by atoms with E-state index in [9.17, 15) is 4.79 Å².